The van der Waals surface area contributed by atoms with Gasteiger partial charge in [-0.25, -0.2) is 0 Å². The van der Waals surface area contributed by atoms with Crippen LogP contribution in [0.25, 0.3) is 0 Å². The van der Waals surface area contributed by atoms with Crippen LogP contribution in [0, 0.1) is 20.8 Å². The predicted molar refractivity (Wildman–Crippen MR) is 116 cm³/mol. The summed E-state index contributed by atoms with van der Waals surface area (Å²) in [5.74, 6) is 0.0394. The molecule has 1 amide bonds. The Morgan fingerprint density at radius 3 is 2.32 bits per heavy atom. The maximum Gasteiger partial charge on any atom is 0.224 e. The predicted octanol–water partition coefficient (Wildman–Crippen LogP) is 5.08. The third-order valence-electron chi connectivity index (χ3n) is 5.09. The molecule has 3 heteroatoms. The van der Waals surface area contributed by atoms with Crippen molar-refractivity contribution < 1.29 is 4.79 Å². The normalized spacial score (nSPS) is 10.5. The van der Waals surface area contributed by atoms with Crippen molar-refractivity contribution in [3.8, 4) is 0 Å². The molecule has 0 saturated carbocycles. The van der Waals surface area contributed by atoms with E-state index in [4.69, 9.17) is 0 Å². The third-order valence-corrected chi connectivity index (χ3v) is 5.09. The molecule has 3 nitrogen and oxygen atoms in total. The average Bonchev–Trinajstić information content (AvgIpc) is 2.69. The van der Waals surface area contributed by atoms with Crippen molar-refractivity contribution >= 4 is 11.6 Å². The summed E-state index contributed by atoms with van der Waals surface area (Å²) >= 11 is 0. The molecule has 28 heavy (non-hydrogen) atoms. The molecule has 3 aromatic rings. The second kappa shape index (κ2) is 9.23. The highest BCUT2D eigenvalue weighted by atomic mass is 16.1. The Morgan fingerprint density at radius 2 is 1.57 bits per heavy atom. The standard InChI is InChI=1S/C25H28N2O/c1-18-6-4-8-22(14-18)16-27-25(28)15-21-10-12-24(13-11-21)26-17-23-9-5-7-19(2)20(23)3/h4-14,26H,15-17H2,1-3H3,(H,27,28). The minimum absolute atomic E-state index is 0.0394. The number of carbonyl (C=O) groups is 1. The molecule has 0 aliphatic rings. The molecular weight excluding hydrogens is 344 g/mol. The van der Waals surface area contributed by atoms with E-state index in [1.165, 1.54) is 22.3 Å². The molecule has 0 aliphatic carbocycles. The number of nitrogens with one attached hydrogen (secondary N) is 2. The number of carbonyl (C=O) groups excluding carboxylic acids is 1. The van der Waals surface area contributed by atoms with Crippen LogP contribution in [0.15, 0.2) is 66.7 Å². The molecule has 0 heterocycles. The Balaban J connectivity index is 1.49. The van der Waals surface area contributed by atoms with Crippen LogP contribution >= 0.6 is 0 Å². The highest BCUT2D eigenvalue weighted by molar-refractivity contribution is 5.78. The van der Waals surface area contributed by atoms with Gasteiger partial charge in [0.05, 0.1) is 6.42 Å². The second-order valence-corrected chi connectivity index (χ2v) is 7.35. The molecule has 3 aromatic carbocycles. The van der Waals surface area contributed by atoms with Gasteiger partial charge in [0.25, 0.3) is 0 Å². The smallest absolute Gasteiger partial charge is 0.224 e. The fraction of sp³-hybridized carbons (Fsp3) is 0.240. The van der Waals surface area contributed by atoms with Crippen LogP contribution in [0.3, 0.4) is 0 Å². The van der Waals surface area contributed by atoms with Gasteiger partial charge in [-0.1, -0.05) is 60.2 Å². The SMILES string of the molecule is Cc1cccc(CNC(=O)Cc2ccc(NCc3cccc(C)c3C)cc2)c1. The van der Waals surface area contributed by atoms with Crippen LogP contribution in [0.1, 0.15) is 33.4 Å². The van der Waals surface area contributed by atoms with Gasteiger partial charge in [0.15, 0.2) is 0 Å². The summed E-state index contributed by atoms with van der Waals surface area (Å²) in [7, 11) is 0. The summed E-state index contributed by atoms with van der Waals surface area (Å²) in [6, 6.07) is 22.7. The quantitative estimate of drug-likeness (QED) is 0.607. The summed E-state index contributed by atoms with van der Waals surface area (Å²) in [6.45, 7) is 7.71. The van der Waals surface area contributed by atoms with E-state index < -0.39 is 0 Å². The van der Waals surface area contributed by atoms with E-state index in [0.717, 1.165) is 23.4 Å². The molecule has 0 bridgehead atoms. The molecule has 0 unspecified atom stereocenters. The highest BCUT2D eigenvalue weighted by Crippen LogP contribution is 2.16. The molecule has 0 atom stereocenters. The Labute approximate surface area is 167 Å². The Morgan fingerprint density at radius 1 is 0.821 bits per heavy atom. The molecule has 0 spiro atoms. The molecule has 0 aliphatic heterocycles. The zero-order chi connectivity index (χ0) is 19.9. The van der Waals surface area contributed by atoms with E-state index in [1.54, 1.807) is 0 Å². The first-order chi connectivity index (χ1) is 13.5. The van der Waals surface area contributed by atoms with Gasteiger partial charge in [-0.05, 0) is 60.7 Å². The van der Waals surface area contributed by atoms with E-state index in [9.17, 15) is 4.79 Å². The Bertz CT molecular complexity index is 945. The van der Waals surface area contributed by atoms with E-state index in [-0.39, 0.29) is 5.91 Å². The molecule has 0 aromatic heterocycles. The summed E-state index contributed by atoms with van der Waals surface area (Å²) in [6.07, 6.45) is 0.392. The first-order valence-corrected chi connectivity index (χ1v) is 9.71. The number of amides is 1. The van der Waals surface area contributed by atoms with E-state index in [1.807, 2.05) is 36.4 Å². The molecule has 3 rings (SSSR count). The number of anilines is 1. The number of hydrogen-bond donors (Lipinski definition) is 2. The van der Waals surface area contributed by atoms with Crippen molar-refractivity contribution in [2.45, 2.75) is 40.3 Å². The van der Waals surface area contributed by atoms with Crippen LogP contribution < -0.4 is 10.6 Å². The Kier molecular flexibility index (Phi) is 6.49. The summed E-state index contributed by atoms with van der Waals surface area (Å²) < 4.78 is 0. The topological polar surface area (TPSA) is 41.1 Å². The number of hydrogen-bond acceptors (Lipinski definition) is 2. The van der Waals surface area contributed by atoms with Gasteiger partial charge < -0.3 is 10.6 Å². The first-order valence-electron chi connectivity index (χ1n) is 9.71. The third kappa shape index (κ3) is 5.46. The van der Waals surface area contributed by atoms with Gasteiger partial charge >= 0.3 is 0 Å². The lowest BCUT2D eigenvalue weighted by Gasteiger charge is -2.11. The lowest BCUT2D eigenvalue weighted by atomic mass is 10.0. The van der Waals surface area contributed by atoms with Crippen LogP contribution in [0.5, 0.6) is 0 Å². The molecule has 2 N–H and O–H groups in total. The van der Waals surface area contributed by atoms with Crippen molar-refractivity contribution in [3.63, 3.8) is 0 Å². The van der Waals surface area contributed by atoms with Crippen molar-refractivity contribution in [2.24, 2.45) is 0 Å². The number of rotatable bonds is 7. The molecular formula is C25H28N2O. The van der Waals surface area contributed by atoms with Gasteiger partial charge in [0, 0.05) is 18.8 Å². The molecule has 144 valence electrons. The van der Waals surface area contributed by atoms with E-state index in [2.05, 4.69) is 61.7 Å². The summed E-state index contributed by atoms with van der Waals surface area (Å²) in [5.41, 5.74) is 8.35. The van der Waals surface area contributed by atoms with Crippen molar-refractivity contribution in [1.82, 2.24) is 5.32 Å². The van der Waals surface area contributed by atoms with Crippen molar-refractivity contribution in [3.05, 3.63) is 100 Å². The zero-order valence-corrected chi connectivity index (χ0v) is 16.9. The second-order valence-electron chi connectivity index (χ2n) is 7.35. The van der Waals surface area contributed by atoms with Gasteiger partial charge in [0.1, 0.15) is 0 Å². The number of aryl methyl sites for hydroxylation is 2. The van der Waals surface area contributed by atoms with Crippen LogP contribution in [-0.4, -0.2) is 5.91 Å². The largest absolute Gasteiger partial charge is 0.381 e. The van der Waals surface area contributed by atoms with Crippen molar-refractivity contribution in [1.29, 1.82) is 0 Å². The van der Waals surface area contributed by atoms with Gasteiger partial charge in [0.2, 0.25) is 5.91 Å². The summed E-state index contributed by atoms with van der Waals surface area (Å²) in [5, 5.41) is 6.45. The maximum atomic E-state index is 12.2. The molecule has 0 radical (unpaired) electrons. The lowest BCUT2D eigenvalue weighted by molar-refractivity contribution is -0.120. The highest BCUT2D eigenvalue weighted by Gasteiger charge is 2.05. The monoisotopic (exact) mass is 372 g/mol. The minimum Gasteiger partial charge on any atom is -0.381 e. The fourth-order valence-corrected chi connectivity index (χ4v) is 3.21. The van der Waals surface area contributed by atoms with Crippen LogP contribution in [0.4, 0.5) is 5.69 Å². The van der Waals surface area contributed by atoms with Crippen LogP contribution in [0.2, 0.25) is 0 Å². The molecule has 0 saturated heterocycles. The van der Waals surface area contributed by atoms with E-state index in [0.29, 0.717) is 13.0 Å². The zero-order valence-electron chi connectivity index (χ0n) is 16.9. The van der Waals surface area contributed by atoms with Crippen molar-refractivity contribution in [2.75, 3.05) is 5.32 Å². The van der Waals surface area contributed by atoms with Crippen LogP contribution in [-0.2, 0) is 24.3 Å². The minimum atomic E-state index is 0.0394. The van der Waals surface area contributed by atoms with E-state index >= 15 is 0 Å². The average molecular weight is 373 g/mol. The first kappa shape index (κ1) is 19.7. The fourth-order valence-electron chi connectivity index (χ4n) is 3.21. The molecule has 0 fully saturated rings. The van der Waals surface area contributed by atoms with Gasteiger partial charge in [-0.3, -0.25) is 4.79 Å². The Hall–Kier alpha value is -3.07. The van der Waals surface area contributed by atoms with Gasteiger partial charge in [-0.2, -0.15) is 0 Å². The lowest BCUT2D eigenvalue weighted by Crippen LogP contribution is -2.24. The maximum absolute atomic E-state index is 12.2. The summed E-state index contributed by atoms with van der Waals surface area (Å²) in [4.78, 5) is 12.2. The number of benzene rings is 3. The van der Waals surface area contributed by atoms with Gasteiger partial charge in [-0.15, -0.1) is 0 Å².